The van der Waals surface area contributed by atoms with E-state index in [4.69, 9.17) is 21.5 Å². The highest BCUT2D eigenvalue weighted by atomic mass is 15.5. The van der Waals surface area contributed by atoms with Gasteiger partial charge in [0.15, 0.2) is 11.5 Å². The number of aromatic nitrogens is 3. The number of aryl methyl sites for hydroxylation is 3. The number of hydrogen-bond acceptors (Lipinski definition) is 6. The largest absolute Gasteiger partial charge is 0.382 e. The molecule has 192 valence electrons. The molecule has 5 N–H and O–H groups in total. The lowest BCUT2D eigenvalue weighted by atomic mass is 9.97. The number of amidine groups is 1. The molecule has 0 spiro atoms. The van der Waals surface area contributed by atoms with E-state index in [1.807, 2.05) is 13.0 Å². The number of hydrogen-bond donors (Lipinski definition) is 3. The molecule has 5 rings (SSSR count). The first-order valence-corrected chi connectivity index (χ1v) is 13.0. The third kappa shape index (κ3) is 4.89. The fourth-order valence-corrected chi connectivity index (χ4v) is 5.35. The second-order valence-corrected chi connectivity index (χ2v) is 10.1. The van der Waals surface area contributed by atoms with Crippen molar-refractivity contribution in [3.63, 3.8) is 0 Å². The molecule has 4 aromatic rings. The van der Waals surface area contributed by atoms with Gasteiger partial charge in [-0.05, 0) is 72.7 Å². The molecule has 1 fully saturated rings. The van der Waals surface area contributed by atoms with Crippen LogP contribution >= 0.6 is 0 Å². The summed E-state index contributed by atoms with van der Waals surface area (Å²) < 4.78 is 2.24. The van der Waals surface area contributed by atoms with Crippen molar-refractivity contribution in [1.82, 2.24) is 20.1 Å². The van der Waals surface area contributed by atoms with E-state index in [1.54, 1.807) is 0 Å². The van der Waals surface area contributed by atoms with Crippen LogP contribution in [0.25, 0.3) is 22.3 Å². The first-order chi connectivity index (χ1) is 17.9. The number of benzene rings is 2. The van der Waals surface area contributed by atoms with Gasteiger partial charge in [-0.1, -0.05) is 38.1 Å². The summed E-state index contributed by atoms with van der Waals surface area (Å²) in [5, 5.41) is 4.04. The van der Waals surface area contributed by atoms with E-state index in [1.165, 1.54) is 17.7 Å². The van der Waals surface area contributed by atoms with Crippen molar-refractivity contribution in [3.05, 3.63) is 76.7 Å². The van der Waals surface area contributed by atoms with E-state index in [0.29, 0.717) is 11.8 Å². The highest BCUT2D eigenvalue weighted by molar-refractivity contribution is 6.04. The Morgan fingerprint density at radius 2 is 1.89 bits per heavy atom. The maximum Gasteiger partial charge on any atom is 0.160 e. The number of hydrazone groups is 1. The average molecular weight is 497 g/mol. The normalized spacial score (nSPS) is 16.1. The van der Waals surface area contributed by atoms with Crippen LogP contribution < -0.4 is 22.0 Å². The number of nitrogens with one attached hydrogen (secondary N) is 1. The number of anilines is 1. The smallest absolute Gasteiger partial charge is 0.160 e. The van der Waals surface area contributed by atoms with Crippen LogP contribution in [0.1, 0.15) is 48.5 Å². The van der Waals surface area contributed by atoms with E-state index in [9.17, 15) is 0 Å². The Hall–Kier alpha value is -3.91. The van der Waals surface area contributed by atoms with Gasteiger partial charge in [-0.25, -0.2) is 21.3 Å². The van der Waals surface area contributed by atoms with Crippen LogP contribution in [-0.2, 0) is 13.0 Å². The van der Waals surface area contributed by atoms with Crippen LogP contribution in [0.15, 0.2) is 53.6 Å². The van der Waals surface area contributed by atoms with Crippen molar-refractivity contribution in [1.29, 1.82) is 0 Å². The fourth-order valence-electron chi connectivity index (χ4n) is 5.35. The standard InChI is InChI=1S/C29H36N8/c1-5-26-33-27-19(3)14-20(4)32-29(27)37(26)17-21-6-8-22(9-7-21)25-15-23(36-13-12-18(2)16-36)10-11-24(25)28(30)34-35-31/h6-11,14-15,18,35H,5,12-13,16-17,31H2,1-4H3,(H2,30,34). The lowest BCUT2D eigenvalue weighted by molar-refractivity contribution is 0.659. The van der Waals surface area contributed by atoms with E-state index in [0.717, 1.165) is 71.0 Å². The van der Waals surface area contributed by atoms with Gasteiger partial charge in [-0.2, -0.15) is 0 Å². The third-order valence-corrected chi connectivity index (χ3v) is 7.28. The van der Waals surface area contributed by atoms with Gasteiger partial charge in [0, 0.05) is 36.5 Å². The fraction of sp³-hybridized carbons (Fsp3) is 0.345. The van der Waals surface area contributed by atoms with E-state index >= 15 is 0 Å². The summed E-state index contributed by atoms with van der Waals surface area (Å²) in [4.78, 5) is 12.1. The maximum absolute atomic E-state index is 6.28. The highest BCUT2D eigenvalue weighted by Crippen LogP contribution is 2.32. The van der Waals surface area contributed by atoms with Gasteiger partial charge in [-0.3, -0.25) is 0 Å². The first-order valence-electron chi connectivity index (χ1n) is 13.0. The molecule has 0 bridgehead atoms. The Kier molecular flexibility index (Phi) is 6.84. The summed E-state index contributed by atoms with van der Waals surface area (Å²) in [5.41, 5.74) is 18.1. The van der Waals surface area contributed by atoms with Gasteiger partial charge in [0.2, 0.25) is 0 Å². The van der Waals surface area contributed by atoms with E-state index < -0.39 is 0 Å². The predicted octanol–water partition coefficient (Wildman–Crippen LogP) is 4.26. The second kappa shape index (κ2) is 10.2. The molecule has 2 aromatic heterocycles. The quantitative estimate of drug-likeness (QED) is 0.153. The minimum atomic E-state index is 0.359. The molecule has 1 unspecified atom stereocenters. The lowest BCUT2D eigenvalue weighted by Crippen LogP contribution is -2.24. The van der Waals surface area contributed by atoms with Gasteiger partial charge in [0.05, 0.1) is 6.54 Å². The summed E-state index contributed by atoms with van der Waals surface area (Å²) in [6.45, 7) is 11.4. The van der Waals surface area contributed by atoms with Crippen molar-refractivity contribution in [2.24, 2.45) is 22.6 Å². The molecular formula is C29H36N8. The molecule has 37 heavy (non-hydrogen) atoms. The van der Waals surface area contributed by atoms with Gasteiger partial charge >= 0.3 is 0 Å². The molecule has 0 radical (unpaired) electrons. The molecule has 0 aliphatic carbocycles. The molecule has 8 nitrogen and oxygen atoms in total. The predicted molar refractivity (Wildman–Crippen MR) is 151 cm³/mol. The number of imidazole rings is 1. The molecule has 8 heteroatoms. The number of rotatable bonds is 7. The first kappa shape index (κ1) is 24.8. The molecule has 0 saturated carbocycles. The zero-order chi connectivity index (χ0) is 26.1. The van der Waals surface area contributed by atoms with Crippen LogP contribution in [0.4, 0.5) is 5.69 Å². The third-order valence-electron chi connectivity index (χ3n) is 7.28. The summed E-state index contributed by atoms with van der Waals surface area (Å²) >= 11 is 0. The zero-order valence-electron chi connectivity index (χ0n) is 22.1. The van der Waals surface area contributed by atoms with Gasteiger partial charge in [0.1, 0.15) is 11.3 Å². The second-order valence-electron chi connectivity index (χ2n) is 10.1. The van der Waals surface area contributed by atoms with Crippen LogP contribution in [0.3, 0.4) is 0 Å². The molecule has 0 amide bonds. The average Bonchev–Trinajstić information content (AvgIpc) is 3.48. The summed E-state index contributed by atoms with van der Waals surface area (Å²) in [6, 6.07) is 17.1. The highest BCUT2D eigenvalue weighted by Gasteiger charge is 2.21. The van der Waals surface area contributed by atoms with Crippen LogP contribution in [0.2, 0.25) is 0 Å². The van der Waals surface area contributed by atoms with Crippen LogP contribution in [-0.4, -0.2) is 33.5 Å². The number of hydrazine groups is 1. The summed E-state index contributed by atoms with van der Waals surface area (Å²) in [6.07, 6.45) is 2.06. The van der Waals surface area contributed by atoms with Crippen LogP contribution in [0, 0.1) is 19.8 Å². The van der Waals surface area contributed by atoms with Crippen molar-refractivity contribution < 1.29 is 0 Å². The van der Waals surface area contributed by atoms with E-state index in [2.05, 4.69) is 83.3 Å². The van der Waals surface area contributed by atoms with Crippen molar-refractivity contribution in [2.45, 2.75) is 47.1 Å². The Labute approximate surface area is 218 Å². The zero-order valence-corrected chi connectivity index (χ0v) is 22.1. The van der Waals surface area contributed by atoms with Crippen molar-refractivity contribution >= 4 is 22.7 Å². The summed E-state index contributed by atoms with van der Waals surface area (Å²) in [5.74, 6) is 7.53. The minimum absolute atomic E-state index is 0.359. The molecule has 2 aromatic carbocycles. The van der Waals surface area contributed by atoms with Crippen molar-refractivity contribution in [2.75, 3.05) is 18.0 Å². The van der Waals surface area contributed by atoms with Crippen LogP contribution in [0.5, 0.6) is 0 Å². The molecular weight excluding hydrogens is 460 g/mol. The molecule has 1 saturated heterocycles. The molecule has 1 aliphatic heterocycles. The minimum Gasteiger partial charge on any atom is -0.382 e. The Morgan fingerprint density at radius 1 is 1.11 bits per heavy atom. The van der Waals surface area contributed by atoms with Gasteiger partial charge in [0.25, 0.3) is 0 Å². The number of pyridine rings is 1. The summed E-state index contributed by atoms with van der Waals surface area (Å²) in [7, 11) is 0. The monoisotopic (exact) mass is 496 g/mol. The Balaban J connectivity index is 1.50. The Bertz CT molecular complexity index is 1450. The van der Waals surface area contributed by atoms with E-state index in [-0.39, 0.29) is 0 Å². The number of nitrogens with two attached hydrogens (primary N) is 2. The molecule has 1 aliphatic rings. The lowest BCUT2D eigenvalue weighted by Gasteiger charge is -2.21. The SMILES string of the molecule is CCc1nc2c(C)cc(C)nc2n1Cc1ccc(-c2cc(N3CCC(C)C3)ccc2/C(N)=N/NN)cc1. The van der Waals surface area contributed by atoms with Gasteiger partial charge < -0.3 is 15.2 Å². The molecule has 1 atom stereocenters. The Morgan fingerprint density at radius 3 is 2.57 bits per heavy atom. The number of nitrogens with zero attached hydrogens (tertiary/aromatic N) is 5. The van der Waals surface area contributed by atoms with Crippen molar-refractivity contribution in [3.8, 4) is 11.1 Å². The topological polar surface area (TPSA) is 110 Å². The maximum atomic E-state index is 6.28. The van der Waals surface area contributed by atoms with Gasteiger partial charge in [-0.15, -0.1) is 5.10 Å². The molecule has 3 heterocycles. The number of fused-ring (bicyclic) bond motifs is 1.